The summed E-state index contributed by atoms with van der Waals surface area (Å²) in [4.78, 5) is 13.1. The Bertz CT molecular complexity index is 826. The van der Waals surface area contributed by atoms with E-state index in [1.165, 1.54) is 12.2 Å². The van der Waals surface area contributed by atoms with Crippen LogP contribution in [-0.2, 0) is 0 Å². The first-order valence-corrected chi connectivity index (χ1v) is 9.78. The van der Waals surface area contributed by atoms with Gasteiger partial charge in [0.1, 0.15) is 5.82 Å². The number of nitrogens with one attached hydrogen (secondary N) is 1. The highest BCUT2D eigenvalue weighted by atomic mass is 19.4. The number of dihydropyridines is 1. The van der Waals surface area contributed by atoms with Gasteiger partial charge in [0, 0.05) is 37.8 Å². The summed E-state index contributed by atoms with van der Waals surface area (Å²) < 4.78 is 41.0. The van der Waals surface area contributed by atoms with E-state index in [2.05, 4.69) is 22.2 Å². The Balaban J connectivity index is 1.73. The summed E-state index contributed by atoms with van der Waals surface area (Å²) in [5, 5.41) is 12.1. The number of allylic oxidation sites excluding steroid dienone is 2. The molecular weight excluding hydrogens is 385 g/mol. The van der Waals surface area contributed by atoms with Crippen LogP contribution in [0.5, 0.6) is 0 Å². The van der Waals surface area contributed by atoms with Gasteiger partial charge in [-0.25, -0.2) is 4.98 Å². The van der Waals surface area contributed by atoms with E-state index < -0.39 is 12.2 Å². The third-order valence-corrected chi connectivity index (χ3v) is 5.52. The lowest BCUT2D eigenvalue weighted by molar-refractivity contribution is -0.140. The van der Waals surface area contributed by atoms with Crippen molar-refractivity contribution in [1.82, 2.24) is 15.3 Å². The third-order valence-electron chi connectivity index (χ3n) is 5.52. The molecule has 0 radical (unpaired) electrons. The molecule has 4 rings (SSSR count). The standard InChI is InChI=1S/C19H25F3N6O/c1-11-9-28(10-11)16-8-14(13-2-3-15(23)25-17(13)19(20,21)22)24-18(26-16)27-6-4-12(29)5-7-27/h2-3,8,11-12,17,25,29H,4-7,9-10,23H2,1H3. The number of aromatic nitrogens is 2. The highest BCUT2D eigenvalue weighted by Crippen LogP contribution is 2.35. The lowest BCUT2D eigenvalue weighted by Gasteiger charge is -2.39. The quantitative estimate of drug-likeness (QED) is 0.698. The van der Waals surface area contributed by atoms with Crippen LogP contribution in [0.3, 0.4) is 0 Å². The Morgan fingerprint density at radius 3 is 2.45 bits per heavy atom. The number of nitrogens with zero attached hydrogens (tertiary/aromatic N) is 4. The van der Waals surface area contributed by atoms with Crippen molar-refractivity contribution in [1.29, 1.82) is 0 Å². The number of anilines is 2. The van der Waals surface area contributed by atoms with Crippen LogP contribution in [0.2, 0.25) is 0 Å². The number of piperidine rings is 1. The Labute approximate surface area is 167 Å². The zero-order valence-electron chi connectivity index (χ0n) is 16.2. The van der Waals surface area contributed by atoms with E-state index in [0.717, 1.165) is 13.1 Å². The van der Waals surface area contributed by atoms with E-state index in [9.17, 15) is 18.3 Å². The number of hydrogen-bond acceptors (Lipinski definition) is 7. The van der Waals surface area contributed by atoms with Crippen molar-refractivity contribution < 1.29 is 18.3 Å². The number of halogens is 3. The van der Waals surface area contributed by atoms with E-state index in [-0.39, 0.29) is 23.2 Å². The molecule has 0 bridgehead atoms. The predicted molar refractivity (Wildman–Crippen MR) is 104 cm³/mol. The van der Waals surface area contributed by atoms with Gasteiger partial charge in [-0.3, -0.25) is 0 Å². The maximum Gasteiger partial charge on any atom is 0.412 e. The predicted octanol–water partition coefficient (Wildman–Crippen LogP) is 1.61. The van der Waals surface area contributed by atoms with Crippen LogP contribution >= 0.6 is 0 Å². The molecule has 1 aromatic rings. The molecule has 1 unspecified atom stereocenters. The van der Waals surface area contributed by atoms with Crippen molar-refractivity contribution in [2.24, 2.45) is 11.7 Å². The fraction of sp³-hybridized carbons (Fsp3) is 0.579. The van der Waals surface area contributed by atoms with Crippen molar-refractivity contribution in [3.05, 3.63) is 29.7 Å². The molecule has 4 heterocycles. The third kappa shape index (κ3) is 4.12. The number of aliphatic hydroxyl groups excluding tert-OH is 1. The minimum atomic E-state index is -4.52. The molecule has 0 aromatic carbocycles. The smallest absolute Gasteiger partial charge is 0.393 e. The van der Waals surface area contributed by atoms with Crippen LogP contribution < -0.4 is 20.9 Å². The maximum atomic E-state index is 13.7. The van der Waals surface area contributed by atoms with E-state index in [1.807, 2.05) is 9.80 Å². The van der Waals surface area contributed by atoms with Crippen LogP contribution in [0.15, 0.2) is 24.0 Å². The molecule has 158 valence electrons. The van der Waals surface area contributed by atoms with Crippen LogP contribution in [0.4, 0.5) is 24.9 Å². The number of aliphatic hydroxyl groups is 1. The summed E-state index contributed by atoms with van der Waals surface area (Å²) in [6.07, 6.45) is -0.925. The zero-order chi connectivity index (χ0) is 20.8. The number of hydrogen-bond donors (Lipinski definition) is 3. The molecule has 2 fully saturated rings. The van der Waals surface area contributed by atoms with E-state index in [1.54, 1.807) is 6.07 Å². The monoisotopic (exact) mass is 410 g/mol. The molecule has 0 amide bonds. The van der Waals surface area contributed by atoms with Crippen LogP contribution in [0.25, 0.3) is 5.57 Å². The second kappa shape index (κ2) is 7.40. The molecule has 0 aliphatic carbocycles. The highest BCUT2D eigenvalue weighted by Gasteiger charge is 2.44. The molecular formula is C19H25F3N6O. The van der Waals surface area contributed by atoms with Crippen molar-refractivity contribution in [3.63, 3.8) is 0 Å². The summed E-state index contributed by atoms with van der Waals surface area (Å²) in [5.41, 5.74) is 5.83. The Morgan fingerprint density at radius 2 is 1.83 bits per heavy atom. The molecule has 4 N–H and O–H groups in total. The molecule has 3 aliphatic rings. The Hall–Kier alpha value is -2.49. The maximum absolute atomic E-state index is 13.7. The van der Waals surface area contributed by atoms with Crippen molar-refractivity contribution >= 4 is 17.3 Å². The largest absolute Gasteiger partial charge is 0.412 e. The lowest BCUT2D eigenvalue weighted by Crippen LogP contribution is -2.47. The van der Waals surface area contributed by atoms with Crippen molar-refractivity contribution in [3.8, 4) is 0 Å². The first-order chi connectivity index (χ1) is 13.7. The average molecular weight is 410 g/mol. The van der Waals surface area contributed by atoms with Crippen molar-refractivity contribution in [2.45, 2.75) is 38.1 Å². The summed E-state index contributed by atoms with van der Waals surface area (Å²) in [6, 6.07) is -0.308. The highest BCUT2D eigenvalue weighted by molar-refractivity contribution is 5.73. The SMILES string of the molecule is CC1CN(c2cc(C3=CC=C(N)NC3C(F)(F)F)nc(N3CCC(O)CC3)n2)C1. The first-order valence-electron chi connectivity index (χ1n) is 9.78. The Kier molecular flexibility index (Phi) is 5.05. The topological polar surface area (TPSA) is 90.5 Å². The van der Waals surface area contributed by atoms with E-state index >= 15 is 0 Å². The second-order valence-corrected chi connectivity index (χ2v) is 8.00. The van der Waals surface area contributed by atoms with E-state index in [0.29, 0.717) is 43.6 Å². The van der Waals surface area contributed by atoms with Crippen LogP contribution in [-0.4, -0.2) is 59.6 Å². The minimum absolute atomic E-state index is 0.0159. The summed E-state index contributed by atoms with van der Waals surface area (Å²) in [6.45, 7) is 4.86. The van der Waals surface area contributed by atoms with Crippen LogP contribution in [0.1, 0.15) is 25.5 Å². The first kappa shape index (κ1) is 19.8. The fourth-order valence-electron chi connectivity index (χ4n) is 3.88. The van der Waals surface area contributed by atoms with Gasteiger partial charge in [0.25, 0.3) is 0 Å². The fourth-order valence-corrected chi connectivity index (χ4v) is 3.88. The van der Waals surface area contributed by atoms with Gasteiger partial charge in [-0.15, -0.1) is 0 Å². The van der Waals surface area contributed by atoms with Crippen molar-refractivity contribution in [2.75, 3.05) is 36.0 Å². The molecule has 0 saturated carbocycles. The number of nitrogens with two attached hydrogens (primary N) is 1. The average Bonchev–Trinajstić information content (AvgIpc) is 2.65. The molecule has 3 aliphatic heterocycles. The molecule has 7 nitrogen and oxygen atoms in total. The van der Waals surface area contributed by atoms with Gasteiger partial charge in [-0.2, -0.15) is 18.2 Å². The molecule has 1 atom stereocenters. The van der Waals surface area contributed by atoms with Gasteiger partial charge >= 0.3 is 6.18 Å². The van der Waals surface area contributed by atoms with Gasteiger partial charge in [0.05, 0.1) is 17.6 Å². The summed E-state index contributed by atoms with van der Waals surface area (Å²) >= 11 is 0. The summed E-state index contributed by atoms with van der Waals surface area (Å²) in [5.74, 6) is 1.50. The molecule has 29 heavy (non-hydrogen) atoms. The minimum Gasteiger partial charge on any atom is -0.393 e. The normalized spacial score (nSPS) is 24.0. The second-order valence-electron chi connectivity index (χ2n) is 8.00. The van der Waals surface area contributed by atoms with Gasteiger partial charge in [0.2, 0.25) is 5.95 Å². The molecule has 0 spiro atoms. The van der Waals surface area contributed by atoms with Gasteiger partial charge < -0.3 is 26.0 Å². The number of alkyl halides is 3. The van der Waals surface area contributed by atoms with Crippen LogP contribution in [0, 0.1) is 5.92 Å². The van der Waals surface area contributed by atoms with E-state index in [4.69, 9.17) is 5.73 Å². The molecule has 1 aromatic heterocycles. The van der Waals surface area contributed by atoms with Gasteiger partial charge in [0.15, 0.2) is 6.04 Å². The lowest BCUT2D eigenvalue weighted by atomic mass is 9.98. The molecule has 2 saturated heterocycles. The Morgan fingerprint density at radius 1 is 1.14 bits per heavy atom. The summed E-state index contributed by atoms with van der Waals surface area (Å²) in [7, 11) is 0. The molecule has 10 heteroatoms. The zero-order valence-corrected chi connectivity index (χ0v) is 16.2. The van der Waals surface area contributed by atoms with Gasteiger partial charge in [-0.1, -0.05) is 13.0 Å². The van der Waals surface area contributed by atoms with Gasteiger partial charge in [-0.05, 0) is 24.8 Å². The number of rotatable bonds is 3.